The summed E-state index contributed by atoms with van der Waals surface area (Å²) in [4.78, 5) is 13.9. The van der Waals surface area contributed by atoms with Crippen molar-refractivity contribution in [3.05, 3.63) is 47.5 Å². The predicted molar refractivity (Wildman–Crippen MR) is 120 cm³/mol. The number of likely N-dealkylation sites (tertiary alicyclic amines) is 2. The molecule has 1 aromatic heterocycles. The van der Waals surface area contributed by atoms with Crippen LogP contribution in [0.1, 0.15) is 61.4 Å². The molecule has 0 radical (unpaired) electrons. The zero-order valence-corrected chi connectivity index (χ0v) is 18.2. The van der Waals surface area contributed by atoms with Gasteiger partial charge in [0.1, 0.15) is 12.2 Å². The van der Waals surface area contributed by atoms with Gasteiger partial charge in [-0.15, -0.1) is 0 Å². The summed E-state index contributed by atoms with van der Waals surface area (Å²) in [7, 11) is 1.88. The minimum atomic E-state index is 0.469. The van der Waals surface area contributed by atoms with E-state index < -0.39 is 0 Å². The molecule has 0 spiro atoms. The second-order valence-corrected chi connectivity index (χ2v) is 8.49. The molecule has 0 aliphatic carbocycles. The van der Waals surface area contributed by atoms with Gasteiger partial charge in [0.25, 0.3) is 0 Å². The molecule has 4 rings (SSSR count). The normalized spacial score (nSPS) is 19.6. The SMILES string of the molecule is CN=C(NCc1ccccc1CN1CCCCCC1)N1CCC(c2ncn[nH]2)CC1. The average Bonchev–Trinajstić information content (AvgIpc) is 3.21. The third kappa shape index (κ3) is 5.39. The molecule has 7 heteroatoms. The van der Waals surface area contributed by atoms with Gasteiger partial charge in [-0.2, -0.15) is 5.10 Å². The first-order chi connectivity index (χ1) is 14.8. The number of benzene rings is 1. The van der Waals surface area contributed by atoms with E-state index >= 15 is 0 Å². The maximum Gasteiger partial charge on any atom is 0.193 e. The Bertz CT molecular complexity index is 786. The van der Waals surface area contributed by atoms with Crippen molar-refractivity contribution < 1.29 is 0 Å². The van der Waals surface area contributed by atoms with Gasteiger partial charge in [-0.05, 0) is 49.9 Å². The molecule has 162 valence electrons. The zero-order chi connectivity index (χ0) is 20.6. The second kappa shape index (κ2) is 10.6. The van der Waals surface area contributed by atoms with Crippen LogP contribution >= 0.6 is 0 Å². The van der Waals surface area contributed by atoms with Crippen molar-refractivity contribution in [3.63, 3.8) is 0 Å². The van der Waals surface area contributed by atoms with Crippen molar-refractivity contribution in [3.8, 4) is 0 Å². The number of piperidine rings is 1. The fraction of sp³-hybridized carbons (Fsp3) is 0.609. The van der Waals surface area contributed by atoms with E-state index in [2.05, 4.69) is 59.6 Å². The van der Waals surface area contributed by atoms with Gasteiger partial charge < -0.3 is 10.2 Å². The van der Waals surface area contributed by atoms with Crippen molar-refractivity contribution in [1.29, 1.82) is 0 Å². The van der Waals surface area contributed by atoms with Crippen molar-refractivity contribution in [2.24, 2.45) is 4.99 Å². The van der Waals surface area contributed by atoms with E-state index in [0.29, 0.717) is 5.92 Å². The molecule has 30 heavy (non-hydrogen) atoms. The van der Waals surface area contributed by atoms with Crippen LogP contribution < -0.4 is 5.32 Å². The standard InChI is InChI=1S/C23H35N7/c1-24-23(30-14-10-19(11-15-30)22-26-18-27-28-22)25-16-20-8-4-5-9-21(20)17-29-12-6-2-3-7-13-29/h4-5,8-9,18-19H,2-3,6-7,10-17H2,1H3,(H,24,25)(H,26,27,28). The lowest BCUT2D eigenvalue weighted by atomic mass is 9.96. The van der Waals surface area contributed by atoms with E-state index in [1.807, 2.05) is 7.05 Å². The Balaban J connectivity index is 1.32. The summed E-state index contributed by atoms with van der Waals surface area (Å²) < 4.78 is 0. The highest BCUT2D eigenvalue weighted by Gasteiger charge is 2.24. The summed E-state index contributed by atoms with van der Waals surface area (Å²) in [6.07, 6.45) is 9.16. The van der Waals surface area contributed by atoms with E-state index in [1.54, 1.807) is 6.33 Å². The van der Waals surface area contributed by atoms with E-state index in [1.165, 1.54) is 49.9 Å². The molecular weight excluding hydrogens is 374 g/mol. The Morgan fingerprint density at radius 2 is 1.80 bits per heavy atom. The Kier molecular flexibility index (Phi) is 7.34. The minimum Gasteiger partial charge on any atom is -0.352 e. The first-order valence-electron chi connectivity index (χ1n) is 11.4. The van der Waals surface area contributed by atoms with E-state index in [4.69, 9.17) is 0 Å². The maximum atomic E-state index is 4.56. The van der Waals surface area contributed by atoms with Gasteiger partial charge in [0.05, 0.1) is 0 Å². The third-order valence-electron chi connectivity index (χ3n) is 6.47. The van der Waals surface area contributed by atoms with Crippen LogP contribution in [0.15, 0.2) is 35.6 Å². The monoisotopic (exact) mass is 409 g/mol. The fourth-order valence-electron chi connectivity index (χ4n) is 4.70. The zero-order valence-electron chi connectivity index (χ0n) is 18.2. The van der Waals surface area contributed by atoms with Crippen LogP contribution in [0.2, 0.25) is 0 Å². The van der Waals surface area contributed by atoms with Gasteiger partial charge in [0, 0.05) is 39.1 Å². The molecule has 0 bridgehead atoms. The van der Waals surface area contributed by atoms with Gasteiger partial charge in [-0.1, -0.05) is 37.1 Å². The fourth-order valence-corrected chi connectivity index (χ4v) is 4.70. The van der Waals surface area contributed by atoms with Crippen LogP contribution in [0.3, 0.4) is 0 Å². The van der Waals surface area contributed by atoms with Gasteiger partial charge in [-0.25, -0.2) is 4.98 Å². The molecule has 2 aliphatic rings. The molecule has 0 saturated carbocycles. The van der Waals surface area contributed by atoms with E-state index in [0.717, 1.165) is 50.8 Å². The Hall–Kier alpha value is -2.41. The summed E-state index contributed by atoms with van der Waals surface area (Å²) in [5, 5.41) is 10.6. The number of H-pyrrole nitrogens is 1. The Morgan fingerprint density at radius 1 is 1.07 bits per heavy atom. The summed E-state index contributed by atoms with van der Waals surface area (Å²) in [6.45, 7) is 6.30. The summed E-state index contributed by atoms with van der Waals surface area (Å²) in [5.74, 6) is 2.48. The lowest BCUT2D eigenvalue weighted by molar-refractivity contribution is 0.276. The molecule has 7 nitrogen and oxygen atoms in total. The number of hydrogen-bond acceptors (Lipinski definition) is 4. The van der Waals surface area contributed by atoms with Gasteiger partial charge in [-0.3, -0.25) is 15.0 Å². The number of aromatic nitrogens is 3. The van der Waals surface area contributed by atoms with Crippen LogP contribution in [-0.4, -0.2) is 64.2 Å². The lowest BCUT2D eigenvalue weighted by Crippen LogP contribution is -2.45. The number of aliphatic imine (C=N–C) groups is 1. The van der Waals surface area contributed by atoms with Crippen molar-refractivity contribution in [2.75, 3.05) is 33.2 Å². The lowest BCUT2D eigenvalue weighted by Gasteiger charge is -2.33. The quantitative estimate of drug-likeness (QED) is 0.586. The first kappa shape index (κ1) is 20.8. The molecule has 2 aromatic rings. The van der Waals surface area contributed by atoms with E-state index in [-0.39, 0.29) is 0 Å². The molecule has 2 fully saturated rings. The van der Waals surface area contributed by atoms with Crippen molar-refractivity contribution in [1.82, 2.24) is 30.3 Å². The highest BCUT2D eigenvalue weighted by molar-refractivity contribution is 5.80. The highest BCUT2D eigenvalue weighted by Crippen LogP contribution is 2.25. The summed E-state index contributed by atoms with van der Waals surface area (Å²) >= 11 is 0. The smallest absolute Gasteiger partial charge is 0.193 e. The third-order valence-corrected chi connectivity index (χ3v) is 6.47. The number of nitrogens with zero attached hydrogens (tertiary/aromatic N) is 5. The van der Waals surface area contributed by atoms with Crippen molar-refractivity contribution >= 4 is 5.96 Å². The van der Waals surface area contributed by atoms with Gasteiger partial charge in [0.15, 0.2) is 5.96 Å². The molecule has 0 amide bonds. The predicted octanol–water partition coefficient (Wildman–Crippen LogP) is 3.14. The molecule has 1 aromatic carbocycles. The van der Waals surface area contributed by atoms with Crippen LogP contribution in [0.4, 0.5) is 0 Å². The number of guanidine groups is 1. The minimum absolute atomic E-state index is 0.469. The topological polar surface area (TPSA) is 72.4 Å². The van der Waals surface area contributed by atoms with Crippen LogP contribution in [0, 0.1) is 0 Å². The first-order valence-corrected chi connectivity index (χ1v) is 11.4. The molecular formula is C23H35N7. The average molecular weight is 410 g/mol. The maximum absolute atomic E-state index is 4.56. The van der Waals surface area contributed by atoms with Crippen LogP contribution in [0.5, 0.6) is 0 Å². The number of nitrogens with one attached hydrogen (secondary N) is 2. The van der Waals surface area contributed by atoms with E-state index in [9.17, 15) is 0 Å². The number of aromatic amines is 1. The van der Waals surface area contributed by atoms with Gasteiger partial charge >= 0.3 is 0 Å². The number of rotatable bonds is 5. The Labute approximate surface area is 180 Å². The molecule has 3 heterocycles. The van der Waals surface area contributed by atoms with Crippen LogP contribution in [0.25, 0.3) is 0 Å². The molecule has 0 atom stereocenters. The van der Waals surface area contributed by atoms with Crippen molar-refractivity contribution in [2.45, 2.75) is 57.5 Å². The molecule has 2 saturated heterocycles. The molecule has 2 aliphatic heterocycles. The molecule has 2 N–H and O–H groups in total. The Morgan fingerprint density at radius 3 is 2.47 bits per heavy atom. The molecule has 0 unspecified atom stereocenters. The van der Waals surface area contributed by atoms with Gasteiger partial charge in [0.2, 0.25) is 0 Å². The second-order valence-electron chi connectivity index (χ2n) is 8.49. The summed E-state index contributed by atoms with van der Waals surface area (Å²) in [5.41, 5.74) is 2.81. The highest BCUT2D eigenvalue weighted by atomic mass is 15.3. The largest absolute Gasteiger partial charge is 0.352 e. The number of hydrogen-bond donors (Lipinski definition) is 2. The summed E-state index contributed by atoms with van der Waals surface area (Å²) in [6, 6.07) is 8.85. The van der Waals surface area contributed by atoms with Crippen LogP contribution in [-0.2, 0) is 13.1 Å².